The number of halogens is 1. The Bertz CT molecular complexity index is 744. The van der Waals surface area contributed by atoms with E-state index in [1.54, 1.807) is 28.6 Å². The molecule has 0 aromatic heterocycles. The van der Waals surface area contributed by atoms with Gasteiger partial charge in [0.2, 0.25) is 0 Å². The van der Waals surface area contributed by atoms with Crippen molar-refractivity contribution in [3.63, 3.8) is 0 Å². The minimum absolute atomic E-state index is 0.348. The molecule has 0 aliphatic carbocycles. The van der Waals surface area contributed by atoms with Crippen LogP contribution in [-0.2, 0) is 16.4 Å². The van der Waals surface area contributed by atoms with Crippen LogP contribution in [0.3, 0.4) is 0 Å². The van der Waals surface area contributed by atoms with Crippen LogP contribution in [0.5, 0.6) is 0 Å². The Morgan fingerprint density at radius 1 is 1.00 bits per heavy atom. The van der Waals surface area contributed by atoms with Crippen molar-refractivity contribution in [3.8, 4) is 0 Å². The van der Waals surface area contributed by atoms with Gasteiger partial charge in [0.15, 0.2) is 0 Å². The summed E-state index contributed by atoms with van der Waals surface area (Å²) in [6, 6.07) is 14.5. The van der Waals surface area contributed by atoms with E-state index in [2.05, 4.69) is 15.9 Å². The highest BCUT2D eigenvalue weighted by molar-refractivity contribution is 9.10. The fourth-order valence-corrected chi connectivity index (χ4v) is 4.63. The standard InChI is InChI=1S/C16H16BrNO2S/c17-14-9-10-16-13(12-14)6-4-5-11-18(16)21(19,20)15-7-2-1-3-8-15/h1-3,7-10,12H,4-6,11H2. The van der Waals surface area contributed by atoms with Crippen molar-refractivity contribution < 1.29 is 8.42 Å². The molecule has 0 spiro atoms. The largest absolute Gasteiger partial charge is 0.266 e. The molecule has 0 atom stereocenters. The average molecular weight is 366 g/mol. The summed E-state index contributed by atoms with van der Waals surface area (Å²) in [5, 5.41) is 0. The molecule has 21 heavy (non-hydrogen) atoms. The van der Waals surface area contributed by atoms with Gasteiger partial charge in [-0.2, -0.15) is 0 Å². The predicted octanol–water partition coefficient (Wildman–Crippen LogP) is 3.98. The van der Waals surface area contributed by atoms with Gasteiger partial charge in [-0.25, -0.2) is 8.42 Å². The quantitative estimate of drug-likeness (QED) is 0.806. The van der Waals surface area contributed by atoms with E-state index in [0.29, 0.717) is 11.4 Å². The summed E-state index contributed by atoms with van der Waals surface area (Å²) in [6.45, 7) is 0.534. The van der Waals surface area contributed by atoms with Crippen molar-refractivity contribution in [3.05, 3.63) is 58.6 Å². The maximum Gasteiger partial charge on any atom is 0.264 e. The molecule has 110 valence electrons. The zero-order valence-electron chi connectivity index (χ0n) is 11.5. The molecule has 1 aliphatic heterocycles. The number of sulfonamides is 1. The summed E-state index contributed by atoms with van der Waals surface area (Å²) in [4.78, 5) is 0.348. The van der Waals surface area contributed by atoms with E-state index in [1.807, 2.05) is 24.3 Å². The van der Waals surface area contributed by atoms with Gasteiger partial charge in [0.05, 0.1) is 10.6 Å². The van der Waals surface area contributed by atoms with Gasteiger partial charge in [-0.15, -0.1) is 0 Å². The minimum Gasteiger partial charge on any atom is -0.266 e. The third-order valence-corrected chi connectivity index (χ3v) is 6.02. The van der Waals surface area contributed by atoms with Gasteiger partial charge < -0.3 is 0 Å². The van der Waals surface area contributed by atoms with Crippen LogP contribution in [0.25, 0.3) is 0 Å². The van der Waals surface area contributed by atoms with Crippen molar-refractivity contribution in [2.75, 3.05) is 10.8 Å². The van der Waals surface area contributed by atoms with Crippen LogP contribution >= 0.6 is 15.9 Å². The molecule has 0 unspecified atom stereocenters. The van der Waals surface area contributed by atoms with Crippen LogP contribution < -0.4 is 4.31 Å². The Morgan fingerprint density at radius 2 is 1.76 bits per heavy atom. The van der Waals surface area contributed by atoms with Crippen LogP contribution in [0.15, 0.2) is 57.9 Å². The SMILES string of the molecule is O=S(=O)(c1ccccc1)N1CCCCc2cc(Br)ccc21. The van der Waals surface area contributed by atoms with Gasteiger partial charge >= 0.3 is 0 Å². The van der Waals surface area contributed by atoms with Crippen LogP contribution in [0.1, 0.15) is 18.4 Å². The van der Waals surface area contributed by atoms with Crippen molar-refractivity contribution in [1.82, 2.24) is 0 Å². The third-order valence-electron chi connectivity index (χ3n) is 3.70. The molecule has 5 heteroatoms. The van der Waals surface area contributed by atoms with Crippen molar-refractivity contribution >= 4 is 31.6 Å². The molecule has 2 aromatic rings. The van der Waals surface area contributed by atoms with E-state index >= 15 is 0 Å². The van der Waals surface area contributed by atoms with Gasteiger partial charge in [0.25, 0.3) is 10.0 Å². The first kappa shape index (κ1) is 14.6. The van der Waals surface area contributed by atoms with Gasteiger partial charge in [-0.3, -0.25) is 4.31 Å². The maximum absolute atomic E-state index is 12.9. The van der Waals surface area contributed by atoms with E-state index < -0.39 is 10.0 Å². The summed E-state index contributed by atoms with van der Waals surface area (Å²) in [5.74, 6) is 0. The molecular weight excluding hydrogens is 350 g/mol. The monoisotopic (exact) mass is 365 g/mol. The Kier molecular flexibility index (Phi) is 4.04. The lowest BCUT2D eigenvalue weighted by Crippen LogP contribution is -2.31. The van der Waals surface area contributed by atoms with Gasteiger partial charge in [-0.05, 0) is 55.2 Å². The van der Waals surface area contributed by atoms with Crippen LogP contribution in [-0.4, -0.2) is 15.0 Å². The van der Waals surface area contributed by atoms with Crippen LogP contribution in [0, 0.1) is 0 Å². The first-order valence-electron chi connectivity index (χ1n) is 6.95. The van der Waals surface area contributed by atoms with E-state index in [9.17, 15) is 8.42 Å². The van der Waals surface area contributed by atoms with Gasteiger partial charge in [-0.1, -0.05) is 34.1 Å². The molecule has 0 saturated carbocycles. The number of anilines is 1. The number of hydrogen-bond acceptors (Lipinski definition) is 2. The second-order valence-corrected chi connectivity index (χ2v) is 7.90. The van der Waals surface area contributed by atoms with Crippen molar-refractivity contribution in [2.45, 2.75) is 24.2 Å². The molecule has 0 N–H and O–H groups in total. The number of rotatable bonds is 2. The van der Waals surface area contributed by atoms with Crippen molar-refractivity contribution in [2.24, 2.45) is 0 Å². The number of fused-ring (bicyclic) bond motifs is 1. The Morgan fingerprint density at radius 3 is 2.52 bits per heavy atom. The Balaban J connectivity index is 2.11. The summed E-state index contributed by atoms with van der Waals surface area (Å²) in [6.07, 6.45) is 2.79. The second-order valence-electron chi connectivity index (χ2n) is 5.12. The number of benzene rings is 2. The van der Waals surface area contributed by atoms with E-state index in [4.69, 9.17) is 0 Å². The molecule has 0 fully saturated rings. The van der Waals surface area contributed by atoms with Crippen LogP contribution in [0.4, 0.5) is 5.69 Å². The van der Waals surface area contributed by atoms with E-state index in [0.717, 1.165) is 35.0 Å². The first-order chi connectivity index (χ1) is 10.1. The molecular formula is C16H16BrNO2S. The average Bonchev–Trinajstić information content (AvgIpc) is 2.70. The lowest BCUT2D eigenvalue weighted by Gasteiger charge is -2.24. The van der Waals surface area contributed by atoms with E-state index in [1.165, 1.54) is 0 Å². The van der Waals surface area contributed by atoms with Gasteiger partial charge in [0.1, 0.15) is 0 Å². The fourth-order valence-electron chi connectivity index (χ4n) is 2.66. The molecule has 2 aromatic carbocycles. The number of aryl methyl sites for hydroxylation is 1. The molecule has 1 aliphatic rings. The summed E-state index contributed by atoms with van der Waals surface area (Å²) in [5.41, 5.74) is 1.89. The predicted molar refractivity (Wildman–Crippen MR) is 88.1 cm³/mol. The smallest absolute Gasteiger partial charge is 0.264 e. The lowest BCUT2D eigenvalue weighted by molar-refractivity contribution is 0.589. The number of nitrogens with zero attached hydrogens (tertiary/aromatic N) is 1. The molecule has 3 rings (SSSR count). The molecule has 0 saturated heterocycles. The highest BCUT2D eigenvalue weighted by Crippen LogP contribution is 2.32. The van der Waals surface area contributed by atoms with Gasteiger partial charge in [0, 0.05) is 11.0 Å². The molecule has 0 radical (unpaired) electrons. The normalized spacial score (nSPS) is 15.4. The Hall–Kier alpha value is -1.33. The summed E-state index contributed by atoms with van der Waals surface area (Å²) < 4.78 is 28.3. The molecule has 3 nitrogen and oxygen atoms in total. The van der Waals surface area contributed by atoms with Crippen LogP contribution in [0.2, 0.25) is 0 Å². The molecule has 0 bridgehead atoms. The highest BCUT2D eigenvalue weighted by atomic mass is 79.9. The maximum atomic E-state index is 12.9. The zero-order valence-corrected chi connectivity index (χ0v) is 13.9. The first-order valence-corrected chi connectivity index (χ1v) is 9.18. The topological polar surface area (TPSA) is 37.4 Å². The summed E-state index contributed by atoms with van der Waals surface area (Å²) >= 11 is 3.46. The van der Waals surface area contributed by atoms with E-state index in [-0.39, 0.29) is 0 Å². The minimum atomic E-state index is -3.49. The molecule has 0 amide bonds. The third kappa shape index (κ3) is 2.85. The lowest BCUT2D eigenvalue weighted by atomic mass is 10.1. The number of hydrogen-bond donors (Lipinski definition) is 0. The Labute approximate surface area is 133 Å². The second kappa shape index (κ2) is 5.81. The van der Waals surface area contributed by atoms with Crippen molar-refractivity contribution in [1.29, 1.82) is 0 Å². The fraction of sp³-hybridized carbons (Fsp3) is 0.250. The zero-order chi connectivity index (χ0) is 14.9. The molecule has 1 heterocycles. The highest BCUT2D eigenvalue weighted by Gasteiger charge is 2.27. The summed E-state index contributed by atoms with van der Waals surface area (Å²) in [7, 11) is -3.49.